The third-order valence-electron chi connectivity index (χ3n) is 2.43. The fourth-order valence-corrected chi connectivity index (χ4v) is 1.94. The molecule has 2 rings (SSSR count). The Hall–Kier alpha value is -1.30. The van der Waals surface area contributed by atoms with Crippen LogP contribution in [0.25, 0.3) is 5.57 Å². The molecule has 2 nitrogen and oxygen atoms in total. The van der Waals surface area contributed by atoms with Crippen molar-refractivity contribution in [3.8, 4) is 6.07 Å². The van der Waals surface area contributed by atoms with Crippen LogP contribution in [0.1, 0.15) is 12.0 Å². The van der Waals surface area contributed by atoms with Crippen LogP contribution in [-0.4, -0.2) is 4.98 Å². The fourth-order valence-electron chi connectivity index (χ4n) is 1.62. The number of halogens is 2. The zero-order valence-corrected chi connectivity index (χ0v) is 9.83. The average Bonchev–Trinajstić information content (AvgIpc) is 2.30. The number of hydrogen-bond acceptors (Lipinski definition) is 2. The minimum Gasteiger partial charge on any atom is -0.244 e. The van der Waals surface area contributed by atoms with Gasteiger partial charge in [0.25, 0.3) is 0 Å². The Morgan fingerprint density at radius 3 is 2.81 bits per heavy atom. The van der Waals surface area contributed by atoms with Crippen LogP contribution in [0.5, 0.6) is 0 Å². The SMILES string of the molecule is N#CC1CC=C(Cl)C=C1c1ccc(Cl)nc1. The molecular formula is C12H8Cl2N2. The molecule has 0 N–H and O–H groups in total. The second kappa shape index (κ2) is 4.69. The Kier molecular flexibility index (Phi) is 3.28. The monoisotopic (exact) mass is 250 g/mol. The summed E-state index contributed by atoms with van der Waals surface area (Å²) in [4.78, 5) is 4.00. The molecule has 0 aromatic carbocycles. The molecule has 1 atom stereocenters. The van der Waals surface area contributed by atoms with E-state index in [0.29, 0.717) is 16.6 Å². The van der Waals surface area contributed by atoms with Crippen molar-refractivity contribution in [3.63, 3.8) is 0 Å². The molecule has 0 radical (unpaired) electrons. The summed E-state index contributed by atoms with van der Waals surface area (Å²) in [6.45, 7) is 0. The van der Waals surface area contributed by atoms with Crippen LogP contribution >= 0.6 is 23.2 Å². The van der Waals surface area contributed by atoms with Gasteiger partial charge in [0.05, 0.1) is 12.0 Å². The lowest BCUT2D eigenvalue weighted by atomic mass is 9.88. The highest BCUT2D eigenvalue weighted by molar-refractivity contribution is 6.32. The Morgan fingerprint density at radius 2 is 2.19 bits per heavy atom. The number of rotatable bonds is 1. The van der Waals surface area contributed by atoms with Crippen LogP contribution in [0.15, 0.2) is 35.5 Å². The van der Waals surface area contributed by atoms with Gasteiger partial charge < -0.3 is 0 Å². The summed E-state index contributed by atoms with van der Waals surface area (Å²) in [5, 5.41) is 10.2. The van der Waals surface area contributed by atoms with Crippen molar-refractivity contribution < 1.29 is 0 Å². The molecule has 0 fully saturated rings. The van der Waals surface area contributed by atoms with Gasteiger partial charge in [0.1, 0.15) is 5.15 Å². The summed E-state index contributed by atoms with van der Waals surface area (Å²) in [7, 11) is 0. The third kappa shape index (κ3) is 2.27. The summed E-state index contributed by atoms with van der Waals surface area (Å²) in [6, 6.07) is 5.81. The highest BCUT2D eigenvalue weighted by atomic mass is 35.5. The van der Waals surface area contributed by atoms with Crippen molar-refractivity contribution in [2.45, 2.75) is 6.42 Å². The average molecular weight is 251 g/mol. The molecule has 1 aromatic heterocycles. The van der Waals surface area contributed by atoms with Crippen molar-refractivity contribution in [2.75, 3.05) is 0 Å². The third-order valence-corrected chi connectivity index (χ3v) is 2.92. The molecule has 0 aliphatic heterocycles. The van der Waals surface area contributed by atoms with Gasteiger partial charge in [-0.05, 0) is 29.7 Å². The number of nitriles is 1. The minimum absolute atomic E-state index is 0.162. The maximum Gasteiger partial charge on any atom is 0.129 e. The summed E-state index contributed by atoms with van der Waals surface area (Å²) in [5.74, 6) is -0.162. The van der Waals surface area contributed by atoms with Gasteiger partial charge in [0.2, 0.25) is 0 Å². The topological polar surface area (TPSA) is 36.7 Å². The van der Waals surface area contributed by atoms with Gasteiger partial charge in [-0.2, -0.15) is 5.26 Å². The zero-order valence-electron chi connectivity index (χ0n) is 8.32. The first kappa shape index (κ1) is 11.2. The van der Waals surface area contributed by atoms with Crippen LogP contribution in [0.2, 0.25) is 5.15 Å². The standard InChI is InChI=1S/C12H8Cl2N2/c13-10-3-1-8(6-15)11(5-10)9-2-4-12(14)16-7-9/h2-5,7-8H,1H2. The smallest absolute Gasteiger partial charge is 0.129 e. The number of nitrogens with zero attached hydrogens (tertiary/aromatic N) is 2. The molecule has 1 heterocycles. The molecule has 0 saturated carbocycles. The van der Waals surface area contributed by atoms with Gasteiger partial charge >= 0.3 is 0 Å². The van der Waals surface area contributed by atoms with E-state index < -0.39 is 0 Å². The number of pyridine rings is 1. The second-order valence-corrected chi connectivity index (χ2v) is 4.30. The molecule has 80 valence electrons. The van der Waals surface area contributed by atoms with E-state index >= 15 is 0 Å². The predicted octanol–water partition coefficient (Wildman–Crippen LogP) is 3.78. The van der Waals surface area contributed by atoms with E-state index in [2.05, 4.69) is 11.1 Å². The lowest BCUT2D eigenvalue weighted by molar-refractivity contribution is 0.856. The van der Waals surface area contributed by atoms with E-state index in [1.165, 1.54) is 0 Å². The van der Waals surface area contributed by atoms with Crippen molar-refractivity contribution in [3.05, 3.63) is 46.2 Å². The van der Waals surface area contributed by atoms with Crippen LogP contribution in [0.4, 0.5) is 0 Å². The first-order chi connectivity index (χ1) is 7.70. The van der Waals surface area contributed by atoms with E-state index in [1.54, 1.807) is 12.3 Å². The second-order valence-electron chi connectivity index (χ2n) is 3.48. The van der Waals surface area contributed by atoms with E-state index in [4.69, 9.17) is 28.5 Å². The molecule has 0 spiro atoms. The molecule has 0 saturated heterocycles. The van der Waals surface area contributed by atoms with Gasteiger partial charge in [0, 0.05) is 11.2 Å². The maximum atomic E-state index is 9.05. The first-order valence-corrected chi connectivity index (χ1v) is 5.55. The van der Waals surface area contributed by atoms with E-state index in [0.717, 1.165) is 11.1 Å². The Balaban J connectivity index is 2.41. The number of hydrogen-bond donors (Lipinski definition) is 0. The fraction of sp³-hybridized carbons (Fsp3) is 0.167. The van der Waals surface area contributed by atoms with Crippen molar-refractivity contribution in [1.29, 1.82) is 5.26 Å². The van der Waals surface area contributed by atoms with Gasteiger partial charge in [-0.15, -0.1) is 0 Å². The zero-order chi connectivity index (χ0) is 11.5. The summed E-state index contributed by atoms with van der Waals surface area (Å²) in [6.07, 6.45) is 5.96. The maximum absolute atomic E-state index is 9.05. The lowest BCUT2D eigenvalue weighted by Gasteiger charge is -2.16. The quantitative estimate of drug-likeness (QED) is 0.712. The Labute approximate surface area is 104 Å². The molecule has 1 unspecified atom stereocenters. The summed E-state index contributed by atoms with van der Waals surface area (Å²) < 4.78 is 0. The summed E-state index contributed by atoms with van der Waals surface area (Å²) in [5.41, 5.74) is 1.79. The molecule has 0 bridgehead atoms. The van der Waals surface area contributed by atoms with Gasteiger partial charge in [-0.3, -0.25) is 0 Å². The molecular weight excluding hydrogens is 243 g/mol. The molecule has 0 amide bonds. The van der Waals surface area contributed by atoms with Crippen LogP contribution in [0, 0.1) is 17.2 Å². The predicted molar refractivity (Wildman–Crippen MR) is 64.9 cm³/mol. The van der Waals surface area contributed by atoms with E-state index in [9.17, 15) is 0 Å². The Bertz CT molecular complexity index is 495. The Morgan fingerprint density at radius 1 is 1.38 bits per heavy atom. The molecule has 4 heteroatoms. The van der Waals surface area contributed by atoms with E-state index in [-0.39, 0.29) is 5.92 Å². The number of allylic oxidation sites excluding steroid dienone is 4. The normalized spacial score (nSPS) is 19.7. The van der Waals surface area contributed by atoms with E-state index in [1.807, 2.05) is 18.2 Å². The van der Waals surface area contributed by atoms with Crippen LogP contribution < -0.4 is 0 Å². The number of aromatic nitrogens is 1. The molecule has 1 aromatic rings. The van der Waals surface area contributed by atoms with Crippen LogP contribution in [-0.2, 0) is 0 Å². The molecule has 1 aliphatic rings. The molecule has 1 aliphatic carbocycles. The van der Waals surface area contributed by atoms with Gasteiger partial charge in [-0.1, -0.05) is 35.3 Å². The van der Waals surface area contributed by atoms with Crippen molar-refractivity contribution in [1.82, 2.24) is 4.98 Å². The molecule has 16 heavy (non-hydrogen) atoms. The highest BCUT2D eigenvalue weighted by Crippen LogP contribution is 2.32. The van der Waals surface area contributed by atoms with Gasteiger partial charge in [0.15, 0.2) is 0 Å². The first-order valence-electron chi connectivity index (χ1n) is 4.79. The highest BCUT2D eigenvalue weighted by Gasteiger charge is 2.18. The minimum atomic E-state index is -0.162. The van der Waals surface area contributed by atoms with Crippen molar-refractivity contribution in [2.24, 2.45) is 5.92 Å². The van der Waals surface area contributed by atoms with Crippen molar-refractivity contribution >= 4 is 28.8 Å². The summed E-state index contributed by atoms with van der Waals surface area (Å²) >= 11 is 11.7. The van der Waals surface area contributed by atoms with Gasteiger partial charge in [-0.25, -0.2) is 4.98 Å². The lowest BCUT2D eigenvalue weighted by Crippen LogP contribution is -2.04. The van der Waals surface area contributed by atoms with Crippen LogP contribution in [0.3, 0.4) is 0 Å². The largest absolute Gasteiger partial charge is 0.244 e.